The van der Waals surface area contributed by atoms with Crippen molar-refractivity contribution in [3.05, 3.63) is 65.0 Å². The highest BCUT2D eigenvalue weighted by Crippen LogP contribution is 2.31. The van der Waals surface area contributed by atoms with Crippen LogP contribution in [0.3, 0.4) is 0 Å². The van der Waals surface area contributed by atoms with Crippen LogP contribution in [0.2, 0.25) is 0 Å². The number of aromatic nitrogens is 2. The number of nitrogens with zero attached hydrogens (tertiary/aromatic N) is 2. The molecule has 0 fully saturated rings. The average Bonchev–Trinajstić information content (AvgIpc) is 2.69. The summed E-state index contributed by atoms with van der Waals surface area (Å²) in [7, 11) is 3.15. The molecule has 3 rings (SSSR count). The van der Waals surface area contributed by atoms with Crippen LogP contribution in [0, 0.1) is 0 Å². The number of carboxylic acids is 1. The topological polar surface area (TPSA) is 90.7 Å². The van der Waals surface area contributed by atoms with Gasteiger partial charge >= 0.3 is 5.97 Å². The predicted octanol–water partition coefficient (Wildman–Crippen LogP) is 2.68. The summed E-state index contributed by atoms with van der Waals surface area (Å²) in [5.74, 6) is 0.239. The number of hydrogen-bond acceptors (Lipinski definition) is 5. The lowest BCUT2D eigenvalue weighted by molar-refractivity contribution is -0.138. The molecule has 27 heavy (non-hydrogen) atoms. The van der Waals surface area contributed by atoms with Crippen LogP contribution in [0.15, 0.2) is 59.4 Å². The Morgan fingerprint density at radius 1 is 0.963 bits per heavy atom. The lowest BCUT2D eigenvalue weighted by Crippen LogP contribution is -2.26. The van der Waals surface area contributed by atoms with Crippen LogP contribution >= 0.6 is 0 Å². The third-order valence-corrected chi connectivity index (χ3v) is 4.05. The number of rotatable bonds is 6. The molecular formula is C20H18N2O5. The Balaban J connectivity index is 2.18. The molecular weight excluding hydrogens is 348 g/mol. The fourth-order valence-corrected chi connectivity index (χ4v) is 2.68. The molecule has 7 heteroatoms. The molecule has 3 aromatic rings. The minimum Gasteiger partial charge on any atom is -0.497 e. The molecule has 0 saturated heterocycles. The van der Waals surface area contributed by atoms with Gasteiger partial charge in [-0.05, 0) is 42.0 Å². The summed E-state index contributed by atoms with van der Waals surface area (Å²) >= 11 is 0. The van der Waals surface area contributed by atoms with Gasteiger partial charge in [0, 0.05) is 17.2 Å². The maximum Gasteiger partial charge on any atom is 0.325 e. The number of ether oxygens (including phenoxy) is 2. The molecule has 0 saturated carbocycles. The first-order valence-electron chi connectivity index (χ1n) is 8.14. The van der Waals surface area contributed by atoms with E-state index in [1.165, 1.54) is 6.07 Å². The normalized spacial score (nSPS) is 10.4. The Morgan fingerprint density at radius 2 is 1.48 bits per heavy atom. The number of hydrogen-bond donors (Lipinski definition) is 1. The van der Waals surface area contributed by atoms with E-state index < -0.39 is 18.1 Å². The fourth-order valence-electron chi connectivity index (χ4n) is 2.68. The SMILES string of the molecule is COc1ccc(-c2cc(=O)n(CC(=O)O)nc2-c2ccc(OC)cc2)cc1. The molecule has 0 bridgehead atoms. The van der Waals surface area contributed by atoms with Crippen molar-refractivity contribution in [3.63, 3.8) is 0 Å². The van der Waals surface area contributed by atoms with Crippen molar-refractivity contribution in [2.45, 2.75) is 6.54 Å². The van der Waals surface area contributed by atoms with Crippen LogP contribution in [0.1, 0.15) is 0 Å². The van der Waals surface area contributed by atoms with Gasteiger partial charge < -0.3 is 14.6 Å². The zero-order chi connectivity index (χ0) is 19.4. The van der Waals surface area contributed by atoms with Gasteiger partial charge in [0.2, 0.25) is 0 Å². The summed E-state index contributed by atoms with van der Waals surface area (Å²) in [4.78, 5) is 23.4. The van der Waals surface area contributed by atoms with Crippen LogP contribution in [0.25, 0.3) is 22.4 Å². The summed E-state index contributed by atoms with van der Waals surface area (Å²) in [5, 5.41) is 13.3. The molecule has 1 aromatic heterocycles. The van der Waals surface area contributed by atoms with Crippen molar-refractivity contribution in [1.29, 1.82) is 0 Å². The zero-order valence-corrected chi connectivity index (χ0v) is 14.9. The Labute approximate surface area is 155 Å². The van der Waals surface area contributed by atoms with E-state index in [2.05, 4.69) is 5.10 Å². The highest BCUT2D eigenvalue weighted by molar-refractivity contribution is 5.80. The van der Waals surface area contributed by atoms with Gasteiger partial charge in [-0.1, -0.05) is 12.1 Å². The van der Waals surface area contributed by atoms with E-state index in [4.69, 9.17) is 14.6 Å². The van der Waals surface area contributed by atoms with Gasteiger partial charge in [0.15, 0.2) is 0 Å². The first-order chi connectivity index (χ1) is 13.0. The number of benzene rings is 2. The summed E-state index contributed by atoms with van der Waals surface area (Å²) in [5.41, 5.74) is 2.13. The molecule has 0 atom stereocenters. The van der Waals surface area contributed by atoms with Gasteiger partial charge in [0.25, 0.3) is 5.56 Å². The largest absolute Gasteiger partial charge is 0.497 e. The molecule has 0 spiro atoms. The summed E-state index contributed by atoms with van der Waals surface area (Å²) < 4.78 is 11.3. The monoisotopic (exact) mass is 366 g/mol. The Bertz CT molecular complexity index is 1010. The molecule has 2 aromatic carbocycles. The van der Waals surface area contributed by atoms with E-state index in [1.54, 1.807) is 38.5 Å². The first-order valence-corrected chi connectivity index (χ1v) is 8.14. The van der Waals surface area contributed by atoms with E-state index in [-0.39, 0.29) is 0 Å². The molecule has 0 aliphatic heterocycles. The second-order valence-corrected chi connectivity index (χ2v) is 5.75. The van der Waals surface area contributed by atoms with Crippen LogP contribution in [0.4, 0.5) is 0 Å². The highest BCUT2D eigenvalue weighted by atomic mass is 16.5. The second kappa shape index (κ2) is 7.74. The molecule has 1 N–H and O–H groups in total. The van der Waals surface area contributed by atoms with Gasteiger partial charge in [-0.3, -0.25) is 9.59 Å². The summed E-state index contributed by atoms with van der Waals surface area (Å²) in [6.07, 6.45) is 0. The second-order valence-electron chi connectivity index (χ2n) is 5.75. The smallest absolute Gasteiger partial charge is 0.325 e. The fraction of sp³-hybridized carbons (Fsp3) is 0.150. The Kier molecular flexibility index (Phi) is 5.21. The van der Waals surface area contributed by atoms with Gasteiger partial charge in [-0.25, -0.2) is 4.68 Å². The number of carbonyl (C=O) groups is 1. The van der Waals surface area contributed by atoms with Gasteiger partial charge in [0.1, 0.15) is 18.0 Å². The molecule has 0 aliphatic carbocycles. The van der Waals surface area contributed by atoms with Crippen molar-refractivity contribution in [2.24, 2.45) is 0 Å². The van der Waals surface area contributed by atoms with Crippen molar-refractivity contribution in [1.82, 2.24) is 9.78 Å². The lowest BCUT2D eigenvalue weighted by Gasteiger charge is -2.12. The van der Waals surface area contributed by atoms with E-state index in [1.807, 2.05) is 24.3 Å². The quantitative estimate of drug-likeness (QED) is 0.721. The number of carboxylic acid groups (broad SMARTS) is 1. The minimum absolute atomic E-state index is 0.486. The average molecular weight is 366 g/mol. The van der Waals surface area contributed by atoms with E-state index in [0.717, 1.165) is 15.8 Å². The maximum atomic E-state index is 12.3. The zero-order valence-electron chi connectivity index (χ0n) is 14.9. The molecule has 0 unspecified atom stereocenters. The van der Waals surface area contributed by atoms with Crippen molar-refractivity contribution in [2.75, 3.05) is 14.2 Å². The third-order valence-electron chi connectivity index (χ3n) is 4.05. The molecule has 0 aliphatic rings. The summed E-state index contributed by atoms with van der Waals surface area (Å²) in [6.45, 7) is -0.509. The molecule has 0 amide bonds. The minimum atomic E-state index is -1.14. The van der Waals surface area contributed by atoms with Crippen molar-refractivity contribution in [3.8, 4) is 33.9 Å². The van der Waals surface area contributed by atoms with Crippen molar-refractivity contribution < 1.29 is 19.4 Å². The van der Waals surface area contributed by atoms with Gasteiger partial charge in [0.05, 0.1) is 19.9 Å². The molecule has 0 radical (unpaired) electrons. The Morgan fingerprint density at radius 3 is 1.96 bits per heavy atom. The lowest BCUT2D eigenvalue weighted by atomic mass is 10.00. The third kappa shape index (κ3) is 3.98. The van der Waals surface area contributed by atoms with Crippen LogP contribution in [-0.2, 0) is 11.3 Å². The van der Waals surface area contributed by atoms with E-state index >= 15 is 0 Å². The van der Waals surface area contributed by atoms with E-state index in [9.17, 15) is 9.59 Å². The van der Waals surface area contributed by atoms with Gasteiger partial charge in [-0.15, -0.1) is 0 Å². The molecule has 7 nitrogen and oxygen atoms in total. The van der Waals surface area contributed by atoms with Crippen LogP contribution in [0.5, 0.6) is 11.5 Å². The Hall–Kier alpha value is -3.61. The maximum absolute atomic E-state index is 12.3. The number of aliphatic carboxylic acids is 1. The van der Waals surface area contributed by atoms with E-state index in [0.29, 0.717) is 22.8 Å². The predicted molar refractivity (Wildman–Crippen MR) is 100 cm³/mol. The summed E-state index contributed by atoms with van der Waals surface area (Å²) in [6, 6.07) is 15.8. The van der Waals surface area contributed by atoms with Crippen LogP contribution < -0.4 is 15.0 Å². The standard InChI is InChI=1S/C20H18N2O5/c1-26-15-7-3-13(4-8-15)17-11-18(23)22(12-19(24)25)21-20(17)14-5-9-16(27-2)10-6-14/h3-11H,12H2,1-2H3,(H,24,25). The van der Waals surface area contributed by atoms with Crippen molar-refractivity contribution >= 4 is 5.97 Å². The number of methoxy groups -OCH3 is 2. The van der Waals surface area contributed by atoms with Gasteiger partial charge in [-0.2, -0.15) is 5.10 Å². The molecule has 1 heterocycles. The first kappa shape index (κ1) is 18.2. The molecule has 138 valence electrons. The highest BCUT2D eigenvalue weighted by Gasteiger charge is 2.15. The van der Waals surface area contributed by atoms with Crippen LogP contribution in [-0.4, -0.2) is 35.1 Å².